The Kier molecular flexibility index (Phi) is 15.0. The van der Waals surface area contributed by atoms with Crippen molar-refractivity contribution in [3.05, 3.63) is 47.4 Å². The van der Waals surface area contributed by atoms with Crippen molar-refractivity contribution in [2.45, 2.75) is 77.7 Å². The number of allylic oxidation sites excluding steroid dienone is 1. The molecular formula is C30H43F2N7O3S. The first kappa shape index (κ1) is 35.6. The van der Waals surface area contributed by atoms with Gasteiger partial charge in [0.05, 0.1) is 7.11 Å². The van der Waals surface area contributed by atoms with Gasteiger partial charge in [0.2, 0.25) is 5.89 Å². The van der Waals surface area contributed by atoms with Crippen LogP contribution in [0.15, 0.2) is 40.7 Å². The average Bonchev–Trinajstić information content (AvgIpc) is 3.58. The summed E-state index contributed by atoms with van der Waals surface area (Å²) in [6.07, 6.45) is 2.31. The zero-order chi connectivity index (χ0) is 31.9. The summed E-state index contributed by atoms with van der Waals surface area (Å²) in [5.41, 5.74) is 7.11. The lowest BCUT2D eigenvalue weighted by atomic mass is 9.92. The van der Waals surface area contributed by atoms with Gasteiger partial charge in [-0.3, -0.25) is 4.79 Å². The number of hydrogen-bond acceptors (Lipinski definition) is 10. The Labute approximate surface area is 257 Å². The van der Waals surface area contributed by atoms with E-state index in [1.54, 1.807) is 25.2 Å². The highest BCUT2D eigenvalue weighted by molar-refractivity contribution is 8.00. The fraction of sp³-hybridized carbons (Fsp3) is 0.500. The molecule has 2 aromatic rings. The lowest BCUT2D eigenvalue weighted by molar-refractivity contribution is 0.0944. The molecule has 13 heteroatoms. The number of hydrogen-bond donors (Lipinski definition) is 5. The predicted octanol–water partition coefficient (Wildman–Crippen LogP) is 5.56. The molecule has 5 rings (SSSR count). The van der Waals surface area contributed by atoms with Crippen molar-refractivity contribution in [2.75, 3.05) is 19.5 Å². The van der Waals surface area contributed by atoms with Gasteiger partial charge in [-0.1, -0.05) is 70.2 Å². The number of nitrogens with one attached hydrogen (secondary N) is 5. The predicted molar refractivity (Wildman–Crippen MR) is 169 cm³/mol. The maximum atomic E-state index is 13.6. The second-order valence-corrected chi connectivity index (χ2v) is 9.68. The minimum absolute atomic E-state index is 0.159. The number of dihydropyridines is 1. The van der Waals surface area contributed by atoms with E-state index >= 15 is 0 Å². The van der Waals surface area contributed by atoms with Crippen LogP contribution in [-0.4, -0.2) is 53.6 Å². The van der Waals surface area contributed by atoms with E-state index in [1.807, 2.05) is 41.5 Å². The molecule has 1 saturated carbocycles. The van der Waals surface area contributed by atoms with Crippen LogP contribution in [0, 0.1) is 17.8 Å². The third-order valence-corrected chi connectivity index (χ3v) is 6.84. The summed E-state index contributed by atoms with van der Waals surface area (Å²) in [6.45, 7) is 12.0. The summed E-state index contributed by atoms with van der Waals surface area (Å²) >= 11 is 1.43. The van der Waals surface area contributed by atoms with E-state index in [0.29, 0.717) is 28.4 Å². The number of benzene rings is 1. The summed E-state index contributed by atoms with van der Waals surface area (Å²) in [4.78, 5) is 13.4. The number of carbonyl (C=O) groups is 1. The van der Waals surface area contributed by atoms with Crippen LogP contribution in [0.1, 0.15) is 70.3 Å². The van der Waals surface area contributed by atoms with Gasteiger partial charge in [0.25, 0.3) is 12.3 Å². The number of nitrogens with zero attached hydrogens (tertiary/aromatic N) is 2. The second kappa shape index (κ2) is 18.1. The van der Waals surface area contributed by atoms with Crippen molar-refractivity contribution >= 4 is 29.3 Å². The van der Waals surface area contributed by atoms with E-state index in [9.17, 15) is 13.6 Å². The summed E-state index contributed by atoms with van der Waals surface area (Å²) < 4.78 is 38.2. The Balaban J connectivity index is 0.00000101. The summed E-state index contributed by atoms with van der Waals surface area (Å²) in [7, 11) is 3.07. The number of aromatic nitrogens is 2. The second-order valence-electron chi connectivity index (χ2n) is 8.46. The highest BCUT2D eigenvalue weighted by Gasteiger charge is 2.30. The highest BCUT2D eigenvalue weighted by atomic mass is 32.2. The Hall–Kier alpha value is -3.60. The maximum Gasteiger partial charge on any atom is 0.315 e. The highest BCUT2D eigenvalue weighted by Crippen LogP contribution is 2.34. The molecule has 1 aromatic heterocycles. The normalized spacial score (nSPS) is 20.1. The molecule has 3 unspecified atom stereocenters. The number of hydrazine groups is 1. The number of anilines is 1. The molecule has 0 spiro atoms. The van der Waals surface area contributed by atoms with Crippen LogP contribution >= 0.6 is 11.8 Å². The van der Waals surface area contributed by atoms with Crippen LogP contribution in [0.4, 0.5) is 14.8 Å². The first-order valence-corrected chi connectivity index (χ1v) is 15.5. The van der Waals surface area contributed by atoms with Crippen LogP contribution in [0.5, 0.6) is 0 Å². The van der Waals surface area contributed by atoms with Gasteiger partial charge in [0.1, 0.15) is 22.7 Å². The van der Waals surface area contributed by atoms with Gasteiger partial charge in [-0.25, -0.2) is 19.6 Å². The quantitative estimate of drug-likeness (QED) is 0.252. The molecular weight excluding hydrogens is 576 g/mol. The van der Waals surface area contributed by atoms with Crippen molar-refractivity contribution in [2.24, 2.45) is 5.92 Å². The smallest absolute Gasteiger partial charge is 0.315 e. The van der Waals surface area contributed by atoms with Gasteiger partial charge >= 0.3 is 6.01 Å². The molecule has 10 nitrogen and oxygen atoms in total. The number of ether oxygens (including phenoxy) is 1. The monoisotopic (exact) mass is 619 g/mol. The molecule has 3 heterocycles. The molecule has 0 radical (unpaired) electrons. The van der Waals surface area contributed by atoms with Crippen molar-refractivity contribution < 1.29 is 22.7 Å². The fourth-order valence-electron chi connectivity index (χ4n) is 3.75. The van der Waals surface area contributed by atoms with E-state index in [1.165, 1.54) is 31.1 Å². The number of alkyl halides is 2. The first-order chi connectivity index (χ1) is 20.9. The van der Waals surface area contributed by atoms with Gasteiger partial charge in [-0.2, -0.15) is 0 Å². The summed E-state index contributed by atoms with van der Waals surface area (Å²) in [5, 5.41) is 16.0. The van der Waals surface area contributed by atoms with Crippen LogP contribution in [0.25, 0.3) is 17.0 Å². The number of carbonyl (C=O) groups excluding carboxylic acids is 1. The van der Waals surface area contributed by atoms with Crippen molar-refractivity contribution in [1.82, 2.24) is 31.7 Å². The van der Waals surface area contributed by atoms with E-state index in [2.05, 4.69) is 48.8 Å². The molecule has 1 saturated heterocycles. The molecule has 1 amide bonds. The Morgan fingerprint density at radius 3 is 2.44 bits per heavy atom. The molecule has 0 bridgehead atoms. The summed E-state index contributed by atoms with van der Waals surface area (Å²) in [5.74, 6) is 6.93. The zero-order valence-electron chi connectivity index (χ0n) is 26.0. The van der Waals surface area contributed by atoms with E-state index in [4.69, 9.17) is 9.15 Å². The minimum atomic E-state index is -2.67. The minimum Gasteiger partial charge on any atom is -0.495 e. The molecule has 43 heavy (non-hydrogen) atoms. The number of rotatable bonds is 7. The van der Waals surface area contributed by atoms with Crippen LogP contribution in [-0.2, 0) is 4.74 Å². The lowest BCUT2D eigenvalue weighted by Gasteiger charge is -2.24. The van der Waals surface area contributed by atoms with Crippen LogP contribution in [0.2, 0.25) is 0 Å². The lowest BCUT2D eigenvalue weighted by Crippen LogP contribution is -2.43. The van der Waals surface area contributed by atoms with E-state index < -0.39 is 23.9 Å². The van der Waals surface area contributed by atoms with E-state index in [-0.39, 0.29) is 22.8 Å². The van der Waals surface area contributed by atoms with Crippen LogP contribution < -0.4 is 26.8 Å². The number of amides is 1. The van der Waals surface area contributed by atoms with Gasteiger partial charge in [-0.15, -0.1) is 5.10 Å². The topological polar surface area (TPSA) is 125 Å². The Morgan fingerprint density at radius 1 is 1.12 bits per heavy atom. The molecule has 236 valence electrons. The van der Waals surface area contributed by atoms with Gasteiger partial charge in [0, 0.05) is 35.9 Å². The van der Waals surface area contributed by atoms with Crippen molar-refractivity contribution in [1.29, 1.82) is 0 Å². The standard InChI is InChI=1S/C24H25F2N7O3S.3C2H6/c1-27-23-32-31-22(36-23)13-6-7-14(15(9-13)16-10-17(20(25)26)28-11-18(16)35-2)21(34)29-24-33-30-19(37-24)8-5-12-3-4-12;3*1-2/h6-7,9-12,17,19-20,24,28,30,33H,3-4H2,1-2H3,(H,27,32)(H,29,34);3*1-2H3. The fourth-order valence-corrected chi connectivity index (χ4v) is 4.60. The summed E-state index contributed by atoms with van der Waals surface area (Å²) in [6, 6.07) is 3.85. The van der Waals surface area contributed by atoms with E-state index in [0.717, 1.165) is 12.8 Å². The molecule has 5 N–H and O–H groups in total. The molecule has 3 aliphatic rings. The average molecular weight is 620 g/mol. The Bertz CT molecular complexity index is 1300. The largest absolute Gasteiger partial charge is 0.495 e. The third-order valence-electron chi connectivity index (χ3n) is 5.83. The molecule has 2 fully saturated rings. The number of methoxy groups -OCH3 is 1. The van der Waals surface area contributed by atoms with Gasteiger partial charge < -0.3 is 25.1 Å². The Morgan fingerprint density at radius 2 is 1.84 bits per heavy atom. The van der Waals surface area contributed by atoms with Crippen molar-refractivity contribution in [3.8, 4) is 23.3 Å². The van der Waals surface area contributed by atoms with Crippen molar-refractivity contribution in [3.63, 3.8) is 0 Å². The zero-order valence-corrected chi connectivity index (χ0v) is 26.8. The molecule has 1 aliphatic carbocycles. The van der Waals surface area contributed by atoms with Gasteiger partial charge in [0.15, 0.2) is 0 Å². The third kappa shape index (κ3) is 9.71. The number of thioether (sulfide) groups is 1. The molecule has 1 aromatic carbocycles. The SMILES string of the molecule is CC.CC.CC.CNc1nnc(-c2ccc(C(=O)NC3NNC(C#CC4CC4)S3)c(C3=CC(C(F)F)NC=C3OC)c2)o1. The first-order valence-electron chi connectivity index (χ1n) is 14.6. The van der Waals surface area contributed by atoms with Gasteiger partial charge in [-0.05, 0) is 42.7 Å². The molecule has 2 aliphatic heterocycles. The number of halogens is 2. The molecule has 3 atom stereocenters. The van der Waals surface area contributed by atoms with Crippen LogP contribution in [0.3, 0.4) is 0 Å². The maximum absolute atomic E-state index is 13.6.